The molecular formula is C5H8S4. The van der Waals surface area contributed by atoms with Crippen molar-refractivity contribution in [2.45, 2.75) is 0 Å². The molecule has 0 N–H and O–H groups in total. The van der Waals surface area contributed by atoms with Crippen LogP contribution in [-0.2, 0) is 20.6 Å². The van der Waals surface area contributed by atoms with Crippen molar-refractivity contribution >= 4 is 42.2 Å². The molecule has 0 aliphatic carbocycles. The minimum atomic E-state index is 0.386. The second kappa shape index (κ2) is 2.40. The Morgan fingerprint density at radius 2 is 1.78 bits per heavy atom. The molecule has 0 amide bonds. The lowest BCUT2D eigenvalue weighted by molar-refractivity contribution is 0.488. The third-order valence-electron chi connectivity index (χ3n) is 1.75. The van der Waals surface area contributed by atoms with Crippen LogP contribution in [0.25, 0.3) is 0 Å². The molecule has 2 fully saturated rings. The summed E-state index contributed by atoms with van der Waals surface area (Å²) in [6.07, 6.45) is 0. The first-order chi connectivity index (χ1) is 4.31. The van der Waals surface area contributed by atoms with Crippen LogP contribution in [0.1, 0.15) is 0 Å². The van der Waals surface area contributed by atoms with E-state index in [1.54, 1.807) is 0 Å². The lowest BCUT2D eigenvalue weighted by Gasteiger charge is -2.38. The van der Waals surface area contributed by atoms with Gasteiger partial charge < -0.3 is 0 Å². The molecule has 0 radical (unpaired) electrons. The molecule has 2 aliphatic heterocycles. The summed E-state index contributed by atoms with van der Waals surface area (Å²) in [6.45, 7) is 0. The van der Waals surface area contributed by atoms with E-state index in [4.69, 9.17) is 11.2 Å². The third kappa shape index (κ3) is 1.19. The van der Waals surface area contributed by atoms with E-state index in [1.807, 2.05) is 21.6 Å². The van der Waals surface area contributed by atoms with Crippen LogP contribution in [0.3, 0.4) is 0 Å². The predicted octanol–water partition coefficient (Wildman–Crippen LogP) is 1.46. The monoisotopic (exact) mass is 196 g/mol. The summed E-state index contributed by atoms with van der Waals surface area (Å²) in [5.41, 5.74) is 0.722. The standard InChI is InChI=1S/C5H8S4/c6-9-3-5(4-9)1-7-8-2-5/h1-4H2. The second-order valence-electron chi connectivity index (χ2n) is 2.75. The van der Waals surface area contributed by atoms with Gasteiger partial charge >= 0.3 is 0 Å². The van der Waals surface area contributed by atoms with E-state index in [-0.39, 0.29) is 0 Å². The van der Waals surface area contributed by atoms with Crippen molar-refractivity contribution in [1.82, 2.24) is 0 Å². The highest BCUT2D eigenvalue weighted by molar-refractivity contribution is 8.77. The largest absolute Gasteiger partial charge is 0.120 e. The maximum absolute atomic E-state index is 5.19. The van der Waals surface area contributed by atoms with Gasteiger partial charge in [0.2, 0.25) is 0 Å². The summed E-state index contributed by atoms with van der Waals surface area (Å²) in [5.74, 6) is 5.44. The van der Waals surface area contributed by atoms with Gasteiger partial charge in [0.25, 0.3) is 0 Å². The van der Waals surface area contributed by atoms with E-state index in [1.165, 1.54) is 23.0 Å². The van der Waals surface area contributed by atoms with E-state index in [9.17, 15) is 0 Å². The Kier molecular flexibility index (Phi) is 1.85. The van der Waals surface area contributed by atoms with E-state index in [2.05, 4.69) is 0 Å². The minimum absolute atomic E-state index is 0.386. The van der Waals surface area contributed by atoms with Crippen LogP contribution in [0.4, 0.5) is 0 Å². The van der Waals surface area contributed by atoms with Gasteiger partial charge in [-0.3, -0.25) is 0 Å². The predicted molar refractivity (Wildman–Crippen MR) is 51.8 cm³/mol. The van der Waals surface area contributed by atoms with E-state index in [0.29, 0.717) is 9.45 Å². The lowest BCUT2D eigenvalue weighted by Crippen LogP contribution is -2.46. The van der Waals surface area contributed by atoms with Crippen molar-refractivity contribution in [3.05, 3.63) is 0 Å². The van der Waals surface area contributed by atoms with Gasteiger partial charge in [-0.2, -0.15) is 0 Å². The quantitative estimate of drug-likeness (QED) is 0.539. The minimum Gasteiger partial charge on any atom is -0.120 e. The molecule has 0 aromatic heterocycles. The zero-order chi connectivity index (χ0) is 6.32. The Morgan fingerprint density at radius 1 is 1.22 bits per heavy atom. The summed E-state index contributed by atoms with van der Waals surface area (Å²) in [4.78, 5) is 0. The van der Waals surface area contributed by atoms with Gasteiger partial charge in [-0.1, -0.05) is 32.8 Å². The number of hydrogen-bond acceptors (Lipinski definition) is 3. The van der Waals surface area contributed by atoms with Crippen molar-refractivity contribution in [1.29, 1.82) is 0 Å². The molecule has 0 atom stereocenters. The van der Waals surface area contributed by atoms with E-state index < -0.39 is 0 Å². The summed E-state index contributed by atoms with van der Waals surface area (Å²) >= 11 is 5.19. The maximum Gasteiger partial charge on any atom is 0.0118 e. The Labute approximate surface area is 70.5 Å². The normalized spacial score (nSPS) is 32.9. The van der Waals surface area contributed by atoms with E-state index >= 15 is 0 Å². The highest BCUT2D eigenvalue weighted by atomic mass is 33.1. The van der Waals surface area contributed by atoms with Crippen LogP contribution < -0.4 is 0 Å². The molecule has 1 spiro atoms. The second-order valence-corrected chi connectivity index (χ2v) is 8.09. The van der Waals surface area contributed by atoms with Gasteiger partial charge in [-0.15, -0.1) is 9.45 Å². The van der Waals surface area contributed by atoms with Crippen LogP contribution in [0.2, 0.25) is 0 Å². The highest BCUT2D eigenvalue weighted by Crippen LogP contribution is 2.48. The number of rotatable bonds is 0. The Hall–Kier alpha value is 1.27. The zero-order valence-corrected chi connectivity index (χ0v) is 8.23. The Morgan fingerprint density at radius 3 is 2.22 bits per heavy atom. The molecule has 0 aromatic carbocycles. The fraction of sp³-hybridized carbons (Fsp3) is 1.00. The van der Waals surface area contributed by atoms with Crippen LogP contribution in [0, 0.1) is 5.41 Å². The van der Waals surface area contributed by atoms with Gasteiger partial charge in [0.05, 0.1) is 0 Å². The molecule has 2 heterocycles. The van der Waals surface area contributed by atoms with Gasteiger partial charge in [-0.05, 0) is 0 Å². The molecular weight excluding hydrogens is 188 g/mol. The van der Waals surface area contributed by atoms with Crippen LogP contribution in [-0.4, -0.2) is 23.0 Å². The summed E-state index contributed by atoms with van der Waals surface area (Å²) in [6, 6.07) is 0. The first kappa shape index (κ1) is 6.95. The molecule has 0 aromatic rings. The van der Waals surface area contributed by atoms with Gasteiger partial charge in [0.15, 0.2) is 0 Å². The molecule has 0 saturated carbocycles. The summed E-state index contributed by atoms with van der Waals surface area (Å²) < 4.78 is 0. The van der Waals surface area contributed by atoms with Crippen molar-refractivity contribution < 1.29 is 0 Å². The van der Waals surface area contributed by atoms with Crippen LogP contribution >= 0.6 is 21.6 Å². The van der Waals surface area contributed by atoms with Gasteiger partial charge in [0, 0.05) is 28.4 Å². The Balaban J connectivity index is 2.03. The van der Waals surface area contributed by atoms with Crippen molar-refractivity contribution in [2.75, 3.05) is 23.0 Å². The Bertz CT molecular complexity index is 137. The molecule has 2 aliphatic rings. The van der Waals surface area contributed by atoms with E-state index in [0.717, 1.165) is 5.41 Å². The van der Waals surface area contributed by atoms with Crippen LogP contribution in [0.5, 0.6) is 0 Å². The van der Waals surface area contributed by atoms with Gasteiger partial charge in [0.1, 0.15) is 0 Å². The molecule has 0 unspecified atom stereocenters. The fourth-order valence-corrected chi connectivity index (χ4v) is 8.30. The zero-order valence-electron chi connectivity index (χ0n) is 4.96. The van der Waals surface area contributed by atoms with Gasteiger partial charge in [-0.25, -0.2) is 0 Å². The highest BCUT2D eigenvalue weighted by Gasteiger charge is 2.43. The lowest BCUT2D eigenvalue weighted by atomic mass is 9.98. The van der Waals surface area contributed by atoms with Crippen molar-refractivity contribution in [3.63, 3.8) is 0 Å². The smallest absolute Gasteiger partial charge is 0.0118 e. The fourth-order valence-electron chi connectivity index (χ4n) is 1.18. The van der Waals surface area contributed by atoms with Crippen LogP contribution in [0.15, 0.2) is 0 Å². The first-order valence-corrected chi connectivity index (χ1v) is 7.88. The average molecular weight is 196 g/mol. The molecule has 0 nitrogen and oxygen atoms in total. The first-order valence-electron chi connectivity index (χ1n) is 2.90. The molecule has 0 bridgehead atoms. The molecule has 52 valence electrons. The average Bonchev–Trinajstić information content (AvgIpc) is 2.12. The summed E-state index contributed by atoms with van der Waals surface area (Å²) in [5, 5.41) is 0. The number of hydrogen-bond donors (Lipinski definition) is 0. The third-order valence-corrected chi connectivity index (χ3v) is 7.16. The SMILES string of the molecule is S=S1CC2(CSSC2)C1. The topological polar surface area (TPSA) is 0 Å². The molecule has 2 saturated heterocycles. The van der Waals surface area contributed by atoms with Crippen molar-refractivity contribution in [2.24, 2.45) is 5.41 Å². The maximum atomic E-state index is 5.19. The molecule has 2 rings (SSSR count). The molecule has 9 heavy (non-hydrogen) atoms. The summed E-state index contributed by atoms with van der Waals surface area (Å²) in [7, 11) is 4.45. The molecule has 4 heteroatoms. The van der Waals surface area contributed by atoms with Crippen molar-refractivity contribution in [3.8, 4) is 0 Å².